The molecule has 0 bridgehead atoms. The van der Waals surface area contributed by atoms with Crippen LogP contribution in [0.25, 0.3) is 0 Å². The summed E-state index contributed by atoms with van der Waals surface area (Å²) >= 11 is 1.03. The van der Waals surface area contributed by atoms with Crippen molar-refractivity contribution in [2.24, 2.45) is 5.41 Å². The van der Waals surface area contributed by atoms with E-state index in [0.29, 0.717) is 11.5 Å². The minimum atomic E-state index is -4.24. The molecule has 1 saturated heterocycles. The zero-order chi connectivity index (χ0) is 58.0. The second-order valence-corrected chi connectivity index (χ2v) is 24.1. The fourth-order valence-electron chi connectivity index (χ4n) is 10.3. The summed E-state index contributed by atoms with van der Waals surface area (Å²) in [6, 6.07) is 65.7. The number of methoxy groups -OCH3 is 2. The molecule has 7 aromatic carbocycles. The third kappa shape index (κ3) is 12.7. The van der Waals surface area contributed by atoms with Crippen LogP contribution in [0.15, 0.2) is 217 Å². The van der Waals surface area contributed by atoms with Gasteiger partial charge in [0.05, 0.1) is 39.5 Å². The molecule has 5 atom stereocenters. The van der Waals surface area contributed by atoms with Crippen molar-refractivity contribution < 1.29 is 47.6 Å². The van der Waals surface area contributed by atoms with Crippen molar-refractivity contribution in [2.75, 3.05) is 52.2 Å². The molecule has 1 fully saturated rings. The maximum atomic E-state index is 15.0. The Morgan fingerprint density at radius 2 is 1.17 bits per heavy atom. The molecule has 0 aliphatic carbocycles. The van der Waals surface area contributed by atoms with E-state index in [1.54, 1.807) is 27.3 Å². The molecular weight excluding hydrogens is 1080 g/mol. The summed E-state index contributed by atoms with van der Waals surface area (Å²) in [5.74, 6) is 1.63. The molecule has 1 aromatic heterocycles. The van der Waals surface area contributed by atoms with E-state index in [9.17, 15) is 19.8 Å². The lowest BCUT2D eigenvalue weighted by atomic mass is 9.77. The third-order valence-corrected chi connectivity index (χ3v) is 17.9. The number of hydrogen-bond acceptors (Lipinski definition) is 14. The number of nitrogens with zero attached hydrogens (tertiary/aromatic N) is 3. The van der Waals surface area contributed by atoms with Crippen molar-refractivity contribution >= 4 is 30.4 Å². The van der Waals surface area contributed by atoms with Crippen LogP contribution in [0.4, 0.5) is 5.82 Å². The van der Waals surface area contributed by atoms with Crippen molar-refractivity contribution in [1.29, 1.82) is 0 Å². The molecule has 82 heavy (non-hydrogen) atoms. The van der Waals surface area contributed by atoms with Crippen LogP contribution in [0, 0.1) is 5.41 Å². The van der Waals surface area contributed by atoms with Gasteiger partial charge in [0.2, 0.25) is 0 Å². The highest BCUT2D eigenvalue weighted by Gasteiger charge is 2.54. The van der Waals surface area contributed by atoms with E-state index < -0.39 is 60.6 Å². The van der Waals surface area contributed by atoms with Gasteiger partial charge >= 0.3 is 13.4 Å². The summed E-state index contributed by atoms with van der Waals surface area (Å²) in [4.78, 5) is 32.9. The Kier molecular flexibility index (Phi) is 18.8. The largest absolute Gasteiger partial charge is 0.497 e. The number of nitrogens with one attached hydrogen (secondary N) is 1. The van der Waals surface area contributed by atoms with Gasteiger partial charge in [0, 0.05) is 18.5 Å². The lowest BCUT2D eigenvalue weighted by Gasteiger charge is -2.38. The molecule has 1 aliphatic rings. The molecule has 3 N–H and O–H groups in total. The summed E-state index contributed by atoms with van der Waals surface area (Å²) in [6.45, 7) is 4.55. The number of ether oxygens (including phenoxy) is 4. The molecule has 0 saturated carbocycles. The van der Waals surface area contributed by atoms with Gasteiger partial charge in [0.1, 0.15) is 46.3 Å². The number of anilines is 1. The number of rotatable bonds is 25. The van der Waals surface area contributed by atoms with Crippen LogP contribution in [0.1, 0.15) is 65.9 Å². The molecule has 426 valence electrons. The minimum absolute atomic E-state index is 0.0572. The molecule has 2 heterocycles. The summed E-state index contributed by atoms with van der Waals surface area (Å²) in [6.07, 6.45) is -2.95. The third-order valence-electron chi connectivity index (χ3n) is 14.8. The first kappa shape index (κ1) is 59.4. The predicted octanol–water partition coefficient (Wildman–Crippen LogP) is 11.2. The number of hydrogen-bond donors (Lipinski definition) is 3. The van der Waals surface area contributed by atoms with E-state index in [-0.39, 0.29) is 36.4 Å². The van der Waals surface area contributed by atoms with Crippen molar-refractivity contribution in [3.05, 3.63) is 262 Å². The zero-order valence-corrected chi connectivity index (χ0v) is 48.5. The van der Waals surface area contributed by atoms with E-state index in [4.69, 9.17) is 28.0 Å². The topological polar surface area (TPSA) is 180 Å². The Morgan fingerprint density at radius 3 is 1.65 bits per heavy atom. The van der Waals surface area contributed by atoms with Crippen molar-refractivity contribution in [1.82, 2.24) is 14.2 Å². The van der Waals surface area contributed by atoms with Crippen LogP contribution in [0.2, 0.25) is 0 Å². The maximum absolute atomic E-state index is 15.0. The lowest BCUT2D eigenvalue weighted by Crippen LogP contribution is -2.46. The predicted molar refractivity (Wildman–Crippen MR) is 319 cm³/mol. The van der Waals surface area contributed by atoms with Crippen LogP contribution in [0.3, 0.4) is 0 Å². The second-order valence-electron chi connectivity index (χ2n) is 20.9. The van der Waals surface area contributed by atoms with Crippen LogP contribution in [-0.2, 0) is 45.6 Å². The fourth-order valence-corrected chi connectivity index (χ4v) is 12.6. The van der Waals surface area contributed by atoms with Gasteiger partial charge in [-0.15, -0.1) is 0 Å². The maximum Gasteiger partial charge on any atom is 0.408 e. The molecule has 9 rings (SSSR count). The molecule has 15 nitrogen and oxygen atoms in total. The highest BCUT2D eigenvalue weighted by atomic mass is 32.2. The Hall–Kier alpha value is -7.21. The Labute approximate surface area is 483 Å². The first-order valence-electron chi connectivity index (χ1n) is 26.9. The molecule has 1 aliphatic heterocycles. The molecule has 0 radical (unpaired) electrons. The summed E-state index contributed by atoms with van der Waals surface area (Å²) in [5.41, 5.74) is 0.0267. The van der Waals surface area contributed by atoms with Gasteiger partial charge in [-0.05, 0) is 97.1 Å². The van der Waals surface area contributed by atoms with Gasteiger partial charge in [-0.1, -0.05) is 188 Å². The lowest BCUT2D eigenvalue weighted by molar-refractivity contribution is -0.124. The van der Waals surface area contributed by atoms with Gasteiger partial charge in [0.15, 0.2) is 11.3 Å². The van der Waals surface area contributed by atoms with Crippen molar-refractivity contribution in [2.45, 2.75) is 62.5 Å². The number of aromatic nitrogens is 2. The molecule has 17 heteroatoms. The van der Waals surface area contributed by atoms with Crippen LogP contribution in [-0.4, -0.2) is 94.2 Å². The Bertz CT molecular complexity index is 3310. The van der Waals surface area contributed by atoms with E-state index in [2.05, 4.69) is 10.3 Å². The number of aliphatic hydroxyl groups is 2. The molecule has 0 amide bonds. The molecule has 8 aromatic rings. The average Bonchev–Trinajstić information content (AvgIpc) is 3.47. The highest BCUT2D eigenvalue weighted by Crippen LogP contribution is 2.53. The number of carbonyl (C=O) groups excluding carboxylic acids is 1. The van der Waals surface area contributed by atoms with Gasteiger partial charge in [0.25, 0.3) is 0 Å². The number of carbonyl (C=O) groups is 1. The van der Waals surface area contributed by atoms with Crippen molar-refractivity contribution in [3.63, 3.8) is 0 Å². The van der Waals surface area contributed by atoms with E-state index >= 15 is 4.57 Å². The number of aliphatic hydroxyl groups excluding tert-OH is 1. The van der Waals surface area contributed by atoms with Gasteiger partial charge in [-0.25, -0.2) is 14.0 Å². The summed E-state index contributed by atoms with van der Waals surface area (Å²) < 4.78 is 54.1. The average molecular weight is 1150 g/mol. The highest BCUT2D eigenvalue weighted by molar-refractivity contribution is 8.13. The van der Waals surface area contributed by atoms with Crippen LogP contribution < -0.4 is 20.5 Å². The van der Waals surface area contributed by atoms with E-state index in [1.807, 2.05) is 214 Å². The van der Waals surface area contributed by atoms with E-state index in [0.717, 1.165) is 55.3 Å². The Morgan fingerprint density at radius 1 is 0.707 bits per heavy atom. The van der Waals surface area contributed by atoms with Crippen molar-refractivity contribution in [3.8, 4) is 11.5 Å². The van der Waals surface area contributed by atoms with Gasteiger partial charge in [-0.2, -0.15) is 4.98 Å². The monoisotopic (exact) mass is 1140 g/mol. The van der Waals surface area contributed by atoms with Crippen LogP contribution in [0.5, 0.6) is 11.5 Å². The quantitative estimate of drug-likeness (QED) is 0.0279. The second kappa shape index (κ2) is 25.9. The first-order valence-corrected chi connectivity index (χ1v) is 29.4. The summed E-state index contributed by atoms with van der Waals surface area (Å²) in [7, 11) is 0.545. The summed E-state index contributed by atoms with van der Waals surface area (Å²) in [5, 5.41) is 27.0. The Balaban J connectivity index is 0.907. The normalized spacial score (nSPS) is 18.2. The fraction of sp³-hybridized carbons (Fsp3) is 0.277. The smallest absolute Gasteiger partial charge is 0.408 e. The number of thioether (sulfide) groups is 1. The number of benzene rings is 7. The van der Waals surface area contributed by atoms with Crippen LogP contribution >= 0.6 is 19.5 Å². The molecular formula is C65H69N4O11PS. The standard InChI is InChI=1S/C65H69N4O11PS/c1-62(2,46-77-65(51-26-16-9-17-27-51,52-28-18-10-19-29-52)53-30-20-11-21-31-53)60(71)82-43-42-78-81(74,68(4)44-47-22-12-7-13-23-47)79-45-56-58(70)63(3,73)59(80-56)69-41-40-57(66-61(69)72)67-64(48-24-14-8-15-25-48,49-32-36-54(75-5)37-33-49)50-34-38-55(76-6)39-35-50/h7-41,56,58-59,70,73H,42-46H2,1-6H3,(H,66,67,72)/t56-,58?,59-,63+,81?/m1/s1. The zero-order valence-electron chi connectivity index (χ0n) is 46.7. The minimum Gasteiger partial charge on any atom is -0.497 e. The van der Waals surface area contributed by atoms with E-state index in [1.165, 1.54) is 17.8 Å². The first-order chi connectivity index (χ1) is 39.5. The molecule has 0 spiro atoms. The molecule has 2 unspecified atom stereocenters. The SMILES string of the molecule is COc1ccc(C(Nc2ccn([C@@H]3O[C@H](COP(=O)(OCCSC(=O)C(C)(C)COC(c4ccccc4)(c4ccccc4)c4ccccc4)N(C)Cc4ccccc4)C(O)[C@]3(C)O)c(=O)n2)(c2ccccc2)c2ccc(OC)cc2)cc1. The van der Waals surface area contributed by atoms with Gasteiger partial charge < -0.3 is 34.5 Å². The van der Waals surface area contributed by atoms with Gasteiger partial charge in [-0.3, -0.25) is 18.4 Å².